The molecule has 4 rings (SSSR count). The van der Waals surface area contributed by atoms with E-state index in [1.807, 2.05) is 41.3 Å². The number of aromatic amines is 1. The minimum absolute atomic E-state index is 0.108. The molecular formula is C20H22N4O3. The van der Waals surface area contributed by atoms with Crippen molar-refractivity contribution in [2.75, 3.05) is 32.6 Å². The van der Waals surface area contributed by atoms with Gasteiger partial charge in [-0.15, -0.1) is 0 Å². The van der Waals surface area contributed by atoms with Crippen LogP contribution in [0.1, 0.15) is 18.2 Å². The number of nitrogens with one attached hydrogen (secondary N) is 2. The van der Waals surface area contributed by atoms with Crippen LogP contribution >= 0.6 is 0 Å². The standard InChI is InChI=1S/C20H22N4O3/c1-26-15-5-3-4-14(10-15)21-20(25)24-9-8-13(12-24)19-22-17-7-6-16(27-2)11-18(17)23-19/h3-7,10-11,13H,8-9,12H2,1-2H3,(H,21,25)(H,22,23). The van der Waals surface area contributed by atoms with Gasteiger partial charge in [-0.05, 0) is 30.7 Å². The molecule has 2 aromatic carbocycles. The predicted octanol–water partition coefficient (Wildman–Crippen LogP) is 3.60. The summed E-state index contributed by atoms with van der Waals surface area (Å²) in [5.41, 5.74) is 2.58. The van der Waals surface area contributed by atoms with Gasteiger partial charge in [-0.1, -0.05) is 6.07 Å². The molecule has 0 radical (unpaired) electrons. The minimum Gasteiger partial charge on any atom is -0.497 e. The van der Waals surface area contributed by atoms with Crippen LogP contribution in [0, 0.1) is 0 Å². The molecule has 0 saturated carbocycles. The topological polar surface area (TPSA) is 79.5 Å². The van der Waals surface area contributed by atoms with Gasteiger partial charge < -0.3 is 24.7 Å². The van der Waals surface area contributed by atoms with Crippen LogP contribution in [0.2, 0.25) is 0 Å². The number of imidazole rings is 1. The van der Waals surface area contributed by atoms with Crippen molar-refractivity contribution < 1.29 is 14.3 Å². The zero-order valence-electron chi connectivity index (χ0n) is 15.4. The van der Waals surface area contributed by atoms with E-state index in [1.165, 1.54) is 0 Å². The Morgan fingerprint density at radius 1 is 1.19 bits per heavy atom. The number of anilines is 1. The minimum atomic E-state index is -0.108. The highest BCUT2D eigenvalue weighted by Gasteiger charge is 2.29. The van der Waals surface area contributed by atoms with E-state index in [1.54, 1.807) is 20.3 Å². The quantitative estimate of drug-likeness (QED) is 0.739. The third kappa shape index (κ3) is 3.53. The highest BCUT2D eigenvalue weighted by atomic mass is 16.5. The van der Waals surface area contributed by atoms with Crippen LogP contribution in [0.5, 0.6) is 11.5 Å². The Labute approximate surface area is 157 Å². The number of amides is 2. The fourth-order valence-corrected chi connectivity index (χ4v) is 3.40. The van der Waals surface area contributed by atoms with Gasteiger partial charge in [-0.3, -0.25) is 0 Å². The van der Waals surface area contributed by atoms with Crippen LogP contribution in [-0.4, -0.2) is 48.2 Å². The SMILES string of the molecule is COc1cccc(NC(=O)N2CCC(c3nc4ccc(OC)cc4[nH]3)C2)c1. The van der Waals surface area contributed by atoms with Gasteiger partial charge in [0, 0.05) is 36.8 Å². The summed E-state index contributed by atoms with van der Waals surface area (Å²) in [6, 6.07) is 13.0. The number of ether oxygens (including phenoxy) is 2. The van der Waals surface area contributed by atoms with Crippen molar-refractivity contribution in [3.63, 3.8) is 0 Å². The van der Waals surface area contributed by atoms with Gasteiger partial charge in [0.25, 0.3) is 0 Å². The summed E-state index contributed by atoms with van der Waals surface area (Å²) >= 11 is 0. The lowest BCUT2D eigenvalue weighted by molar-refractivity contribution is 0.222. The normalized spacial score (nSPS) is 16.5. The highest BCUT2D eigenvalue weighted by molar-refractivity contribution is 5.89. The molecule has 1 atom stereocenters. The fourth-order valence-electron chi connectivity index (χ4n) is 3.40. The second kappa shape index (κ2) is 7.19. The number of H-pyrrole nitrogens is 1. The van der Waals surface area contributed by atoms with Crippen molar-refractivity contribution in [2.45, 2.75) is 12.3 Å². The van der Waals surface area contributed by atoms with Gasteiger partial charge >= 0.3 is 6.03 Å². The number of benzene rings is 2. The van der Waals surface area contributed by atoms with E-state index in [9.17, 15) is 4.79 Å². The molecule has 2 heterocycles. The fraction of sp³-hybridized carbons (Fsp3) is 0.300. The molecular weight excluding hydrogens is 344 g/mol. The molecule has 1 saturated heterocycles. The summed E-state index contributed by atoms with van der Waals surface area (Å²) in [6.45, 7) is 1.33. The Kier molecular flexibility index (Phi) is 4.58. The first-order chi connectivity index (χ1) is 13.2. The highest BCUT2D eigenvalue weighted by Crippen LogP contribution is 2.28. The Morgan fingerprint density at radius 3 is 2.81 bits per heavy atom. The lowest BCUT2D eigenvalue weighted by Gasteiger charge is -2.17. The van der Waals surface area contributed by atoms with E-state index < -0.39 is 0 Å². The van der Waals surface area contributed by atoms with Gasteiger partial charge in [0.1, 0.15) is 17.3 Å². The zero-order valence-corrected chi connectivity index (χ0v) is 15.4. The second-order valence-corrected chi connectivity index (χ2v) is 6.60. The van der Waals surface area contributed by atoms with E-state index in [0.29, 0.717) is 18.8 Å². The Balaban J connectivity index is 1.44. The number of fused-ring (bicyclic) bond motifs is 1. The van der Waals surface area contributed by atoms with Gasteiger partial charge in [-0.2, -0.15) is 0 Å². The van der Waals surface area contributed by atoms with E-state index in [0.717, 1.165) is 34.7 Å². The van der Waals surface area contributed by atoms with Crippen molar-refractivity contribution in [3.05, 3.63) is 48.3 Å². The molecule has 0 spiro atoms. The number of carbonyl (C=O) groups excluding carboxylic acids is 1. The number of hydrogen-bond donors (Lipinski definition) is 2. The Hall–Kier alpha value is -3.22. The van der Waals surface area contributed by atoms with Gasteiger partial charge in [0.15, 0.2) is 0 Å². The van der Waals surface area contributed by atoms with Gasteiger partial charge in [0.05, 0.1) is 25.3 Å². The van der Waals surface area contributed by atoms with E-state index in [-0.39, 0.29) is 11.9 Å². The average molecular weight is 366 g/mol. The van der Waals surface area contributed by atoms with Crippen LogP contribution in [0.25, 0.3) is 11.0 Å². The average Bonchev–Trinajstić information content (AvgIpc) is 3.34. The molecule has 3 aromatic rings. The molecule has 1 aliphatic rings. The molecule has 1 unspecified atom stereocenters. The molecule has 7 nitrogen and oxygen atoms in total. The second-order valence-electron chi connectivity index (χ2n) is 6.60. The summed E-state index contributed by atoms with van der Waals surface area (Å²) in [6.07, 6.45) is 0.877. The zero-order chi connectivity index (χ0) is 18.8. The maximum absolute atomic E-state index is 12.6. The van der Waals surface area contributed by atoms with Crippen molar-refractivity contribution in [1.29, 1.82) is 0 Å². The molecule has 27 heavy (non-hydrogen) atoms. The Morgan fingerprint density at radius 2 is 2.00 bits per heavy atom. The van der Waals surface area contributed by atoms with Gasteiger partial charge in [-0.25, -0.2) is 9.78 Å². The van der Waals surface area contributed by atoms with Gasteiger partial charge in [0.2, 0.25) is 0 Å². The number of rotatable bonds is 4. The number of likely N-dealkylation sites (tertiary alicyclic amines) is 1. The molecule has 1 aliphatic heterocycles. The van der Waals surface area contributed by atoms with Crippen molar-refractivity contribution in [3.8, 4) is 11.5 Å². The van der Waals surface area contributed by atoms with Crippen molar-refractivity contribution in [1.82, 2.24) is 14.9 Å². The molecule has 1 fully saturated rings. The first-order valence-corrected chi connectivity index (χ1v) is 8.90. The predicted molar refractivity (Wildman–Crippen MR) is 104 cm³/mol. The van der Waals surface area contributed by atoms with E-state index in [2.05, 4.69) is 15.3 Å². The third-order valence-electron chi connectivity index (χ3n) is 4.89. The molecule has 7 heteroatoms. The summed E-state index contributed by atoms with van der Waals surface area (Å²) in [4.78, 5) is 22.4. The number of methoxy groups -OCH3 is 2. The van der Waals surface area contributed by atoms with Crippen LogP contribution < -0.4 is 14.8 Å². The lowest BCUT2D eigenvalue weighted by atomic mass is 10.1. The van der Waals surface area contributed by atoms with Crippen LogP contribution in [0.15, 0.2) is 42.5 Å². The first-order valence-electron chi connectivity index (χ1n) is 8.90. The first kappa shape index (κ1) is 17.2. The largest absolute Gasteiger partial charge is 0.497 e. The monoisotopic (exact) mass is 366 g/mol. The number of urea groups is 1. The number of nitrogens with zero attached hydrogens (tertiary/aromatic N) is 2. The van der Waals surface area contributed by atoms with Crippen LogP contribution in [0.3, 0.4) is 0 Å². The van der Waals surface area contributed by atoms with E-state index >= 15 is 0 Å². The molecule has 0 aliphatic carbocycles. The molecule has 0 bridgehead atoms. The number of carbonyl (C=O) groups is 1. The summed E-state index contributed by atoms with van der Waals surface area (Å²) in [5.74, 6) is 2.61. The maximum atomic E-state index is 12.6. The number of hydrogen-bond acceptors (Lipinski definition) is 4. The summed E-state index contributed by atoms with van der Waals surface area (Å²) < 4.78 is 10.5. The Bertz CT molecular complexity index is 969. The number of aromatic nitrogens is 2. The van der Waals surface area contributed by atoms with E-state index in [4.69, 9.17) is 9.47 Å². The van der Waals surface area contributed by atoms with Crippen molar-refractivity contribution in [2.24, 2.45) is 0 Å². The summed E-state index contributed by atoms with van der Waals surface area (Å²) in [7, 11) is 3.25. The molecule has 140 valence electrons. The molecule has 1 aromatic heterocycles. The summed E-state index contributed by atoms with van der Waals surface area (Å²) in [5, 5.41) is 2.93. The third-order valence-corrected chi connectivity index (χ3v) is 4.89. The van der Waals surface area contributed by atoms with Crippen molar-refractivity contribution >= 4 is 22.8 Å². The van der Waals surface area contributed by atoms with Crippen LogP contribution in [0.4, 0.5) is 10.5 Å². The van der Waals surface area contributed by atoms with Crippen LogP contribution in [-0.2, 0) is 0 Å². The molecule has 2 amide bonds. The molecule has 2 N–H and O–H groups in total. The smallest absolute Gasteiger partial charge is 0.321 e. The lowest BCUT2D eigenvalue weighted by Crippen LogP contribution is -2.32. The maximum Gasteiger partial charge on any atom is 0.321 e.